The van der Waals surface area contributed by atoms with Gasteiger partial charge in [0.05, 0.1) is 17.8 Å². The van der Waals surface area contributed by atoms with Gasteiger partial charge in [0, 0.05) is 36.6 Å². The number of carbonyl (C=O) groups excluding carboxylic acids is 1. The molecule has 8 heteroatoms. The molecule has 0 atom stereocenters. The van der Waals surface area contributed by atoms with Crippen molar-refractivity contribution in [2.75, 3.05) is 26.2 Å². The van der Waals surface area contributed by atoms with Crippen LogP contribution >= 0.6 is 11.3 Å². The van der Waals surface area contributed by atoms with Crippen LogP contribution < -0.4 is 0 Å². The van der Waals surface area contributed by atoms with Crippen molar-refractivity contribution >= 4 is 17.2 Å². The van der Waals surface area contributed by atoms with E-state index in [4.69, 9.17) is 0 Å². The van der Waals surface area contributed by atoms with Crippen LogP contribution in [0.25, 0.3) is 0 Å². The summed E-state index contributed by atoms with van der Waals surface area (Å²) in [6.45, 7) is 7.13. The first-order chi connectivity index (χ1) is 12.2. The van der Waals surface area contributed by atoms with Gasteiger partial charge in [-0.3, -0.25) is 9.69 Å². The van der Waals surface area contributed by atoms with Crippen molar-refractivity contribution in [2.24, 2.45) is 0 Å². The molecule has 1 amide bonds. The summed E-state index contributed by atoms with van der Waals surface area (Å²) in [5.74, 6) is -0.350. The monoisotopic (exact) mass is 383 g/mol. The molecular weight excluding hydrogens is 363 g/mol. The van der Waals surface area contributed by atoms with Gasteiger partial charge in [-0.1, -0.05) is 6.07 Å². The van der Waals surface area contributed by atoms with Gasteiger partial charge in [0.25, 0.3) is 5.91 Å². The average Bonchev–Trinajstić information content (AvgIpc) is 2.92. The molecule has 2 aromatic rings. The lowest BCUT2D eigenvalue weighted by Gasteiger charge is -2.34. The molecule has 0 bridgehead atoms. The van der Waals surface area contributed by atoms with Crippen molar-refractivity contribution < 1.29 is 18.0 Å². The van der Waals surface area contributed by atoms with Crippen LogP contribution in [0.4, 0.5) is 13.2 Å². The molecule has 26 heavy (non-hydrogen) atoms. The molecule has 140 valence electrons. The van der Waals surface area contributed by atoms with Gasteiger partial charge >= 0.3 is 6.18 Å². The Balaban J connectivity index is 1.60. The van der Waals surface area contributed by atoms with Crippen LogP contribution in [-0.2, 0) is 12.7 Å². The highest BCUT2D eigenvalue weighted by Gasteiger charge is 2.31. The Morgan fingerprint density at radius 3 is 2.46 bits per heavy atom. The largest absolute Gasteiger partial charge is 0.416 e. The van der Waals surface area contributed by atoms with Crippen LogP contribution in [0.1, 0.15) is 31.5 Å². The number of carbonyl (C=O) groups is 1. The molecule has 0 saturated carbocycles. The zero-order chi connectivity index (χ0) is 18.9. The highest BCUT2D eigenvalue weighted by molar-refractivity contribution is 7.11. The number of hydrogen-bond donors (Lipinski definition) is 0. The van der Waals surface area contributed by atoms with Crippen LogP contribution in [0, 0.1) is 13.8 Å². The first-order valence-electron chi connectivity index (χ1n) is 8.36. The topological polar surface area (TPSA) is 36.4 Å². The lowest BCUT2D eigenvalue weighted by Crippen LogP contribution is -2.48. The SMILES string of the molecule is Cc1nc(CN2CCN(C(=O)c3cccc(C(F)(F)F)c3)CC2)sc1C. The molecule has 1 fully saturated rings. The summed E-state index contributed by atoms with van der Waals surface area (Å²) in [7, 11) is 0. The first-order valence-corrected chi connectivity index (χ1v) is 9.17. The highest BCUT2D eigenvalue weighted by Crippen LogP contribution is 2.30. The van der Waals surface area contributed by atoms with E-state index in [1.54, 1.807) is 16.2 Å². The summed E-state index contributed by atoms with van der Waals surface area (Å²) < 4.78 is 38.5. The lowest BCUT2D eigenvalue weighted by molar-refractivity contribution is -0.137. The summed E-state index contributed by atoms with van der Waals surface area (Å²) in [5.41, 5.74) is 0.333. The smallest absolute Gasteiger partial charge is 0.336 e. The minimum Gasteiger partial charge on any atom is -0.336 e. The highest BCUT2D eigenvalue weighted by atomic mass is 32.1. The normalized spacial score (nSPS) is 16.1. The number of aryl methyl sites for hydroxylation is 2. The molecule has 2 heterocycles. The molecule has 0 radical (unpaired) electrons. The zero-order valence-corrected chi connectivity index (χ0v) is 15.5. The Kier molecular flexibility index (Phi) is 5.34. The Morgan fingerprint density at radius 1 is 1.19 bits per heavy atom. The molecule has 3 rings (SSSR count). The predicted molar refractivity (Wildman–Crippen MR) is 94.2 cm³/mol. The molecule has 0 unspecified atom stereocenters. The quantitative estimate of drug-likeness (QED) is 0.810. The fraction of sp³-hybridized carbons (Fsp3) is 0.444. The summed E-state index contributed by atoms with van der Waals surface area (Å²) in [6, 6.07) is 4.62. The van der Waals surface area contributed by atoms with Crippen LogP contribution in [0.5, 0.6) is 0 Å². The fourth-order valence-electron chi connectivity index (χ4n) is 2.92. The molecule has 1 aromatic carbocycles. The summed E-state index contributed by atoms with van der Waals surface area (Å²) in [5, 5.41) is 1.05. The number of hydrogen-bond acceptors (Lipinski definition) is 4. The molecule has 0 N–H and O–H groups in total. The van der Waals surface area contributed by atoms with E-state index in [0.717, 1.165) is 29.4 Å². The molecule has 1 saturated heterocycles. The Hall–Kier alpha value is -1.93. The van der Waals surface area contributed by atoms with Crippen molar-refractivity contribution in [1.29, 1.82) is 0 Å². The maximum atomic E-state index is 12.8. The standard InChI is InChI=1S/C18H20F3N3OS/c1-12-13(2)26-16(22-12)11-23-6-8-24(9-7-23)17(25)14-4-3-5-15(10-14)18(19,20)21/h3-5,10H,6-9,11H2,1-2H3. The van der Waals surface area contributed by atoms with E-state index in [-0.39, 0.29) is 11.5 Å². The number of benzene rings is 1. The molecule has 4 nitrogen and oxygen atoms in total. The molecule has 0 spiro atoms. The van der Waals surface area contributed by atoms with E-state index in [2.05, 4.69) is 9.88 Å². The lowest BCUT2D eigenvalue weighted by atomic mass is 10.1. The van der Waals surface area contributed by atoms with Crippen LogP contribution in [0.3, 0.4) is 0 Å². The third-order valence-electron chi connectivity index (χ3n) is 4.53. The van der Waals surface area contributed by atoms with Gasteiger partial charge in [-0.05, 0) is 32.0 Å². The number of nitrogens with zero attached hydrogens (tertiary/aromatic N) is 3. The number of thiazole rings is 1. The second-order valence-electron chi connectivity index (χ2n) is 6.40. The molecule has 1 aliphatic rings. The molecule has 1 aromatic heterocycles. The van der Waals surface area contributed by atoms with E-state index >= 15 is 0 Å². The zero-order valence-electron chi connectivity index (χ0n) is 14.6. The minimum atomic E-state index is -4.45. The van der Waals surface area contributed by atoms with E-state index in [1.165, 1.54) is 17.0 Å². The average molecular weight is 383 g/mol. The number of halogens is 3. The Labute approximate surface area is 154 Å². The van der Waals surface area contributed by atoms with Gasteiger partial charge in [0.2, 0.25) is 0 Å². The predicted octanol–water partition coefficient (Wildman–Crippen LogP) is 3.74. The first kappa shape index (κ1) is 18.8. The van der Waals surface area contributed by atoms with Gasteiger partial charge in [-0.25, -0.2) is 4.98 Å². The van der Waals surface area contributed by atoms with Crippen molar-refractivity contribution in [3.8, 4) is 0 Å². The second-order valence-corrected chi connectivity index (χ2v) is 7.68. The van der Waals surface area contributed by atoms with Gasteiger partial charge < -0.3 is 4.90 Å². The third kappa shape index (κ3) is 4.24. The van der Waals surface area contributed by atoms with Crippen molar-refractivity contribution in [3.05, 3.63) is 51.0 Å². The van der Waals surface area contributed by atoms with Crippen LogP contribution in [0.15, 0.2) is 24.3 Å². The van der Waals surface area contributed by atoms with Crippen LogP contribution in [0.2, 0.25) is 0 Å². The molecule has 0 aliphatic carbocycles. The third-order valence-corrected chi connectivity index (χ3v) is 5.59. The molecule has 1 aliphatic heterocycles. The number of aromatic nitrogens is 1. The van der Waals surface area contributed by atoms with Gasteiger partial charge in [0.1, 0.15) is 5.01 Å². The summed E-state index contributed by atoms with van der Waals surface area (Å²) in [4.78, 5) is 22.1. The fourth-order valence-corrected chi connectivity index (χ4v) is 3.89. The number of alkyl halides is 3. The van der Waals surface area contributed by atoms with Gasteiger partial charge in [-0.2, -0.15) is 13.2 Å². The van der Waals surface area contributed by atoms with E-state index in [9.17, 15) is 18.0 Å². The number of piperazine rings is 1. The number of amides is 1. The maximum Gasteiger partial charge on any atom is 0.416 e. The Bertz CT molecular complexity index is 776. The van der Waals surface area contributed by atoms with Gasteiger partial charge in [0.15, 0.2) is 0 Å². The second kappa shape index (κ2) is 7.36. The van der Waals surface area contributed by atoms with Crippen molar-refractivity contribution in [3.63, 3.8) is 0 Å². The molecular formula is C18H20F3N3OS. The van der Waals surface area contributed by atoms with E-state index in [1.807, 2.05) is 13.8 Å². The maximum absolute atomic E-state index is 12.8. The number of rotatable bonds is 3. The minimum absolute atomic E-state index is 0.0828. The van der Waals surface area contributed by atoms with Crippen molar-refractivity contribution in [1.82, 2.24) is 14.8 Å². The van der Waals surface area contributed by atoms with E-state index < -0.39 is 11.7 Å². The Morgan fingerprint density at radius 2 is 1.88 bits per heavy atom. The van der Waals surface area contributed by atoms with Crippen molar-refractivity contribution in [2.45, 2.75) is 26.6 Å². The van der Waals surface area contributed by atoms with Gasteiger partial charge in [-0.15, -0.1) is 11.3 Å². The van der Waals surface area contributed by atoms with Crippen LogP contribution in [-0.4, -0.2) is 46.9 Å². The summed E-state index contributed by atoms with van der Waals surface area (Å²) in [6.07, 6.45) is -4.45. The van der Waals surface area contributed by atoms with E-state index in [0.29, 0.717) is 26.2 Å². The summed E-state index contributed by atoms with van der Waals surface area (Å²) >= 11 is 1.68.